The largest absolute Gasteiger partial charge is 0.480 e. The Kier molecular flexibility index (Phi) is 4.30. The van der Waals surface area contributed by atoms with Crippen molar-refractivity contribution in [3.63, 3.8) is 0 Å². The SMILES string of the molecule is O=C(O)CN(Cc1cccs1)Cc1cccs1. The molecule has 2 heterocycles. The van der Waals surface area contributed by atoms with E-state index in [9.17, 15) is 4.79 Å². The summed E-state index contributed by atoms with van der Waals surface area (Å²) in [5.41, 5.74) is 0. The van der Waals surface area contributed by atoms with Gasteiger partial charge in [-0.1, -0.05) is 12.1 Å². The van der Waals surface area contributed by atoms with Crippen LogP contribution in [0.4, 0.5) is 0 Å². The maximum atomic E-state index is 10.8. The van der Waals surface area contributed by atoms with Crippen molar-refractivity contribution in [2.75, 3.05) is 6.54 Å². The van der Waals surface area contributed by atoms with Gasteiger partial charge in [-0.3, -0.25) is 9.69 Å². The minimum Gasteiger partial charge on any atom is -0.480 e. The molecule has 0 fully saturated rings. The Labute approximate surface area is 108 Å². The van der Waals surface area contributed by atoms with E-state index >= 15 is 0 Å². The van der Waals surface area contributed by atoms with E-state index in [1.807, 2.05) is 39.9 Å². The number of carboxylic acids is 1. The van der Waals surface area contributed by atoms with E-state index < -0.39 is 5.97 Å². The first-order valence-electron chi connectivity index (χ1n) is 5.23. The van der Waals surface area contributed by atoms with Crippen LogP contribution in [0.5, 0.6) is 0 Å². The maximum absolute atomic E-state index is 10.8. The van der Waals surface area contributed by atoms with Crippen LogP contribution in [0.25, 0.3) is 0 Å². The van der Waals surface area contributed by atoms with Gasteiger partial charge in [0.05, 0.1) is 6.54 Å². The number of nitrogens with zero attached hydrogens (tertiary/aromatic N) is 1. The van der Waals surface area contributed by atoms with Gasteiger partial charge in [-0.15, -0.1) is 22.7 Å². The molecule has 0 aliphatic carbocycles. The van der Waals surface area contributed by atoms with Crippen molar-refractivity contribution in [1.29, 1.82) is 0 Å². The first-order chi connectivity index (χ1) is 8.24. The molecular formula is C12H13NO2S2. The summed E-state index contributed by atoms with van der Waals surface area (Å²) in [4.78, 5) is 15.2. The number of aliphatic carboxylic acids is 1. The zero-order valence-corrected chi connectivity index (χ0v) is 10.8. The molecule has 0 unspecified atom stereocenters. The summed E-state index contributed by atoms with van der Waals surface area (Å²) in [6.07, 6.45) is 0. The highest BCUT2D eigenvalue weighted by molar-refractivity contribution is 7.10. The Morgan fingerprint density at radius 2 is 1.65 bits per heavy atom. The molecule has 0 aliphatic heterocycles. The molecule has 0 atom stereocenters. The zero-order valence-electron chi connectivity index (χ0n) is 9.20. The third kappa shape index (κ3) is 3.96. The van der Waals surface area contributed by atoms with Gasteiger partial charge in [-0.2, -0.15) is 0 Å². The van der Waals surface area contributed by atoms with Gasteiger partial charge < -0.3 is 5.11 Å². The van der Waals surface area contributed by atoms with Crippen molar-refractivity contribution in [2.24, 2.45) is 0 Å². The molecule has 2 aromatic heterocycles. The second-order valence-corrected chi connectivity index (χ2v) is 5.76. The second-order valence-electron chi connectivity index (χ2n) is 3.70. The average Bonchev–Trinajstić information content (AvgIpc) is 2.89. The monoisotopic (exact) mass is 267 g/mol. The third-order valence-electron chi connectivity index (χ3n) is 2.28. The van der Waals surface area contributed by atoms with Crippen LogP contribution >= 0.6 is 22.7 Å². The smallest absolute Gasteiger partial charge is 0.317 e. The summed E-state index contributed by atoms with van der Waals surface area (Å²) in [6.45, 7) is 1.47. The minimum atomic E-state index is -0.780. The Bertz CT molecular complexity index is 415. The number of hydrogen-bond acceptors (Lipinski definition) is 4. The lowest BCUT2D eigenvalue weighted by molar-refractivity contribution is -0.138. The average molecular weight is 267 g/mol. The van der Waals surface area contributed by atoms with Crippen LogP contribution in [-0.4, -0.2) is 22.5 Å². The minimum absolute atomic E-state index is 0.0792. The Balaban J connectivity index is 2.00. The van der Waals surface area contributed by atoms with Gasteiger partial charge in [-0.25, -0.2) is 0 Å². The van der Waals surface area contributed by atoms with Crippen LogP contribution < -0.4 is 0 Å². The molecule has 2 aromatic rings. The molecule has 0 aromatic carbocycles. The second kappa shape index (κ2) is 5.95. The van der Waals surface area contributed by atoms with Crippen molar-refractivity contribution < 1.29 is 9.90 Å². The Hall–Kier alpha value is -1.17. The molecule has 0 amide bonds. The highest BCUT2D eigenvalue weighted by Crippen LogP contribution is 2.16. The quantitative estimate of drug-likeness (QED) is 0.875. The summed E-state index contributed by atoms with van der Waals surface area (Å²) in [7, 11) is 0. The summed E-state index contributed by atoms with van der Waals surface area (Å²) in [5, 5.41) is 12.9. The predicted octanol–water partition coefficient (Wildman–Crippen LogP) is 2.90. The lowest BCUT2D eigenvalue weighted by Crippen LogP contribution is -2.28. The van der Waals surface area contributed by atoms with Crippen LogP contribution in [0.3, 0.4) is 0 Å². The van der Waals surface area contributed by atoms with E-state index in [0.29, 0.717) is 13.1 Å². The molecule has 0 saturated carbocycles. The fourth-order valence-electron chi connectivity index (χ4n) is 1.60. The topological polar surface area (TPSA) is 40.5 Å². The lowest BCUT2D eigenvalue weighted by atomic mass is 10.3. The summed E-state index contributed by atoms with van der Waals surface area (Å²) in [6, 6.07) is 8.05. The molecule has 0 spiro atoms. The lowest BCUT2D eigenvalue weighted by Gasteiger charge is -2.18. The van der Waals surface area contributed by atoms with Crippen LogP contribution in [-0.2, 0) is 17.9 Å². The van der Waals surface area contributed by atoms with Crippen molar-refractivity contribution in [1.82, 2.24) is 4.90 Å². The van der Waals surface area contributed by atoms with Crippen LogP contribution in [0.1, 0.15) is 9.75 Å². The van der Waals surface area contributed by atoms with Crippen molar-refractivity contribution in [3.05, 3.63) is 44.8 Å². The van der Waals surface area contributed by atoms with Crippen molar-refractivity contribution in [2.45, 2.75) is 13.1 Å². The fraction of sp³-hybridized carbons (Fsp3) is 0.250. The Morgan fingerprint density at radius 1 is 1.12 bits per heavy atom. The van der Waals surface area contributed by atoms with E-state index in [1.54, 1.807) is 22.7 Å². The summed E-state index contributed by atoms with van der Waals surface area (Å²) < 4.78 is 0. The van der Waals surface area contributed by atoms with E-state index in [-0.39, 0.29) is 6.54 Å². The van der Waals surface area contributed by atoms with Gasteiger partial charge in [0.25, 0.3) is 0 Å². The van der Waals surface area contributed by atoms with E-state index in [0.717, 1.165) is 0 Å². The molecule has 17 heavy (non-hydrogen) atoms. The number of carbonyl (C=O) groups is 1. The molecule has 0 saturated heterocycles. The molecule has 3 nitrogen and oxygen atoms in total. The molecule has 2 rings (SSSR count). The van der Waals surface area contributed by atoms with E-state index in [4.69, 9.17) is 5.11 Å². The standard InChI is InChI=1S/C12H13NO2S2/c14-12(15)9-13(7-10-3-1-5-16-10)8-11-4-2-6-17-11/h1-6H,7-9H2,(H,14,15). The van der Waals surface area contributed by atoms with Gasteiger partial charge >= 0.3 is 5.97 Å². The first-order valence-corrected chi connectivity index (χ1v) is 6.99. The highest BCUT2D eigenvalue weighted by atomic mass is 32.1. The van der Waals surface area contributed by atoms with Gasteiger partial charge in [0.2, 0.25) is 0 Å². The normalized spacial score (nSPS) is 10.9. The van der Waals surface area contributed by atoms with E-state index in [2.05, 4.69) is 0 Å². The molecule has 5 heteroatoms. The third-order valence-corrected chi connectivity index (χ3v) is 4.00. The number of thiophene rings is 2. The van der Waals surface area contributed by atoms with E-state index in [1.165, 1.54) is 9.75 Å². The number of carboxylic acid groups (broad SMARTS) is 1. The molecule has 1 N–H and O–H groups in total. The van der Waals surface area contributed by atoms with Gasteiger partial charge in [0.1, 0.15) is 0 Å². The summed E-state index contributed by atoms with van der Waals surface area (Å²) in [5.74, 6) is -0.780. The van der Waals surface area contributed by atoms with Gasteiger partial charge in [-0.05, 0) is 22.9 Å². The molecule has 0 bridgehead atoms. The van der Waals surface area contributed by atoms with Crippen LogP contribution in [0.15, 0.2) is 35.0 Å². The van der Waals surface area contributed by atoms with Gasteiger partial charge in [0.15, 0.2) is 0 Å². The van der Waals surface area contributed by atoms with Gasteiger partial charge in [0, 0.05) is 22.8 Å². The predicted molar refractivity (Wildman–Crippen MR) is 70.4 cm³/mol. The molecule has 90 valence electrons. The molecule has 0 aliphatic rings. The zero-order chi connectivity index (χ0) is 12.1. The first kappa shape index (κ1) is 12.3. The van der Waals surface area contributed by atoms with Crippen LogP contribution in [0.2, 0.25) is 0 Å². The molecule has 0 radical (unpaired) electrons. The highest BCUT2D eigenvalue weighted by Gasteiger charge is 2.12. The Morgan fingerprint density at radius 3 is 2.00 bits per heavy atom. The summed E-state index contributed by atoms with van der Waals surface area (Å²) >= 11 is 3.32. The maximum Gasteiger partial charge on any atom is 0.317 e. The van der Waals surface area contributed by atoms with Crippen molar-refractivity contribution >= 4 is 28.6 Å². The number of rotatable bonds is 6. The number of hydrogen-bond donors (Lipinski definition) is 1. The fourth-order valence-corrected chi connectivity index (χ4v) is 3.10. The van der Waals surface area contributed by atoms with Crippen molar-refractivity contribution in [3.8, 4) is 0 Å². The van der Waals surface area contributed by atoms with Crippen LogP contribution in [0, 0.1) is 0 Å². The molecular weight excluding hydrogens is 254 g/mol.